The lowest BCUT2D eigenvalue weighted by Gasteiger charge is -2.30. The van der Waals surface area contributed by atoms with E-state index in [4.69, 9.17) is 9.88 Å². The molecule has 1 aliphatic heterocycles. The van der Waals surface area contributed by atoms with Crippen LogP contribution in [0.5, 0.6) is 0 Å². The Morgan fingerprint density at radius 2 is 1.79 bits per heavy atom. The molecule has 1 aliphatic rings. The normalized spacial score (nSPS) is 19.8. The second-order valence-corrected chi connectivity index (χ2v) is 8.97. The summed E-state index contributed by atoms with van der Waals surface area (Å²) in [4.78, 5) is 11.6. The van der Waals surface area contributed by atoms with E-state index in [-0.39, 0.29) is 22.9 Å². The van der Waals surface area contributed by atoms with Gasteiger partial charge >= 0.3 is 5.97 Å². The summed E-state index contributed by atoms with van der Waals surface area (Å²) in [6.07, 6.45) is 1.13. The third-order valence-electron chi connectivity index (χ3n) is 3.79. The molecule has 0 aromatic heterocycles. The summed E-state index contributed by atoms with van der Waals surface area (Å²) in [7, 11) is -7.70. The maximum absolute atomic E-state index is 12.7. The summed E-state index contributed by atoms with van der Waals surface area (Å²) < 4.78 is 54.0. The average Bonchev–Trinajstić information content (AvgIpc) is 2.54. The molecule has 24 heavy (non-hydrogen) atoms. The van der Waals surface area contributed by atoms with Crippen LogP contribution in [0.25, 0.3) is 0 Å². The molecule has 2 N–H and O–H groups in total. The van der Waals surface area contributed by atoms with Crippen LogP contribution >= 0.6 is 0 Å². The van der Waals surface area contributed by atoms with Crippen LogP contribution in [0.3, 0.4) is 0 Å². The molecule has 1 fully saturated rings. The summed E-state index contributed by atoms with van der Waals surface area (Å²) >= 11 is 0. The van der Waals surface area contributed by atoms with Crippen molar-refractivity contribution in [1.29, 1.82) is 0 Å². The molecule has 0 spiro atoms. The number of esters is 1. The van der Waals surface area contributed by atoms with E-state index in [0.29, 0.717) is 19.4 Å². The Balaban J connectivity index is 2.22. The lowest BCUT2D eigenvalue weighted by atomic mass is 10.0. The maximum atomic E-state index is 12.7. The highest BCUT2D eigenvalue weighted by molar-refractivity contribution is 7.89. The standard InChI is InChI=1S/C14H20N2O6S2/c1-2-22-14(17)11-4-3-9-16(10-11)24(20,21)13-7-5-12(6-8-13)23(15,18)19/h5-8,11H,2-4,9-10H2,1H3,(H2,15,18,19)/t11-/m1/s1. The van der Waals surface area contributed by atoms with Gasteiger partial charge in [0, 0.05) is 13.1 Å². The van der Waals surface area contributed by atoms with E-state index >= 15 is 0 Å². The molecule has 1 aromatic rings. The zero-order valence-corrected chi connectivity index (χ0v) is 14.8. The van der Waals surface area contributed by atoms with E-state index in [1.165, 1.54) is 16.4 Å². The molecule has 0 amide bonds. The first-order valence-electron chi connectivity index (χ1n) is 7.46. The second kappa shape index (κ2) is 7.18. The number of nitrogens with zero attached hydrogens (tertiary/aromatic N) is 1. The van der Waals surface area contributed by atoms with E-state index in [9.17, 15) is 21.6 Å². The zero-order valence-electron chi connectivity index (χ0n) is 13.2. The lowest BCUT2D eigenvalue weighted by Crippen LogP contribution is -2.42. The van der Waals surface area contributed by atoms with Gasteiger partial charge in [-0.25, -0.2) is 22.0 Å². The highest BCUT2D eigenvalue weighted by atomic mass is 32.2. The van der Waals surface area contributed by atoms with Crippen LogP contribution in [0.2, 0.25) is 0 Å². The SMILES string of the molecule is CCOC(=O)[C@@H]1CCCN(S(=O)(=O)c2ccc(S(N)(=O)=O)cc2)C1. The molecule has 0 aliphatic carbocycles. The van der Waals surface area contributed by atoms with E-state index in [0.717, 1.165) is 12.1 Å². The molecule has 0 unspecified atom stereocenters. The topological polar surface area (TPSA) is 124 Å². The largest absolute Gasteiger partial charge is 0.466 e. The van der Waals surface area contributed by atoms with Crippen molar-refractivity contribution in [2.45, 2.75) is 29.6 Å². The molecule has 1 aromatic carbocycles. The van der Waals surface area contributed by atoms with Gasteiger partial charge in [-0.3, -0.25) is 4.79 Å². The van der Waals surface area contributed by atoms with E-state index in [2.05, 4.69) is 0 Å². The van der Waals surface area contributed by atoms with Crippen LogP contribution in [0.4, 0.5) is 0 Å². The highest BCUT2D eigenvalue weighted by Gasteiger charge is 2.34. The minimum atomic E-state index is -3.89. The predicted molar refractivity (Wildman–Crippen MR) is 85.9 cm³/mol. The molecule has 0 radical (unpaired) electrons. The molecule has 10 heteroatoms. The fraction of sp³-hybridized carbons (Fsp3) is 0.500. The monoisotopic (exact) mass is 376 g/mol. The Hall–Kier alpha value is -1.49. The van der Waals surface area contributed by atoms with Crippen molar-refractivity contribution in [3.63, 3.8) is 0 Å². The number of carbonyl (C=O) groups is 1. The summed E-state index contributed by atoms with van der Waals surface area (Å²) in [5.41, 5.74) is 0. The first-order valence-corrected chi connectivity index (χ1v) is 10.4. The lowest BCUT2D eigenvalue weighted by molar-refractivity contribution is -0.149. The fourth-order valence-electron chi connectivity index (χ4n) is 2.56. The first kappa shape index (κ1) is 18.8. The van der Waals surface area contributed by atoms with Gasteiger partial charge in [-0.05, 0) is 44.0 Å². The van der Waals surface area contributed by atoms with Crippen molar-refractivity contribution in [3.8, 4) is 0 Å². The highest BCUT2D eigenvalue weighted by Crippen LogP contribution is 2.25. The number of carbonyl (C=O) groups excluding carboxylic acids is 1. The predicted octanol–water partition coefficient (Wildman–Crippen LogP) is 0.298. The van der Waals surface area contributed by atoms with Gasteiger partial charge in [-0.15, -0.1) is 0 Å². The van der Waals surface area contributed by atoms with Crippen molar-refractivity contribution in [2.24, 2.45) is 11.1 Å². The molecule has 0 bridgehead atoms. The fourth-order valence-corrected chi connectivity index (χ4v) is 4.60. The maximum Gasteiger partial charge on any atom is 0.310 e. The Morgan fingerprint density at radius 1 is 1.21 bits per heavy atom. The number of nitrogens with two attached hydrogens (primary N) is 1. The number of benzene rings is 1. The molecule has 2 rings (SSSR count). The number of ether oxygens (including phenoxy) is 1. The van der Waals surface area contributed by atoms with Crippen LogP contribution in [0.15, 0.2) is 34.1 Å². The van der Waals surface area contributed by atoms with Crippen LogP contribution < -0.4 is 5.14 Å². The Morgan fingerprint density at radius 3 is 2.33 bits per heavy atom. The summed E-state index contributed by atoms with van der Waals surface area (Å²) in [6, 6.07) is 4.69. The van der Waals surface area contributed by atoms with Gasteiger partial charge in [0.15, 0.2) is 0 Å². The van der Waals surface area contributed by atoms with Gasteiger partial charge in [0.05, 0.1) is 22.3 Å². The van der Waals surface area contributed by atoms with E-state index in [1.54, 1.807) is 6.92 Å². The summed E-state index contributed by atoms with van der Waals surface area (Å²) in [5, 5.41) is 5.00. The van der Waals surface area contributed by atoms with Gasteiger partial charge in [0.2, 0.25) is 20.0 Å². The van der Waals surface area contributed by atoms with Gasteiger partial charge in [-0.2, -0.15) is 4.31 Å². The van der Waals surface area contributed by atoms with Gasteiger partial charge in [-0.1, -0.05) is 0 Å². The van der Waals surface area contributed by atoms with Crippen molar-refractivity contribution in [3.05, 3.63) is 24.3 Å². The van der Waals surface area contributed by atoms with Crippen LogP contribution in [0.1, 0.15) is 19.8 Å². The van der Waals surface area contributed by atoms with Gasteiger partial charge in [0.1, 0.15) is 0 Å². The molecular formula is C14H20N2O6S2. The average molecular weight is 376 g/mol. The number of hydrogen-bond acceptors (Lipinski definition) is 6. The number of piperidine rings is 1. The minimum absolute atomic E-state index is 0.0422. The molecule has 0 saturated carbocycles. The van der Waals surface area contributed by atoms with Crippen molar-refractivity contribution < 1.29 is 26.4 Å². The third-order valence-corrected chi connectivity index (χ3v) is 6.60. The van der Waals surface area contributed by atoms with E-state index < -0.39 is 31.9 Å². The Kier molecular flexibility index (Phi) is 5.63. The van der Waals surface area contributed by atoms with Crippen LogP contribution in [-0.2, 0) is 29.6 Å². The second-order valence-electron chi connectivity index (χ2n) is 5.47. The Labute approximate surface area is 141 Å². The van der Waals surface area contributed by atoms with E-state index in [1.807, 2.05) is 0 Å². The van der Waals surface area contributed by atoms with Crippen molar-refractivity contribution >= 4 is 26.0 Å². The minimum Gasteiger partial charge on any atom is -0.466 e. The smallest absolute Gasteiger partial charge is 0.310 e. The summed E-state index contributed by atoms with van der Waals surface area (Å²) in [6.45, 7) is 2.30. The molecular weight excluding hydrogens is 356 g/mol. The molecule has 1 saturated heterocycles. The quantitative estimate of drug-likeness (QED) is 0.737. The number of rotatable bonds is 5. The van der Waals surface area contributed by atoms with Crippen LogP contribution in [0, 0.1) is 5.92 Å². The van der Waals surface area contributed by atoms with Gasteiger partial charge < -0.3 is 4.74 Å². The first-order chi connectivity index (χ1) is 11.2. The summed E-state index contributed by atoms with van der Waals surface area (Å²) in [5.74, 6) is -0.890. The Bertz CT molecular complexity index is 802. The molecule has 1 heterocycles. The van der Waals surface area contributed by atoms with Crippen molar-refractivity contribution in [1.82, 2.24) is 4.31 Å². The van der Waals surface area contributed by atoms with Crippen LogP contribution in [-0.4, -0.2) is 46.8 Å². The molecule has 134 valence electrons. The number of primary sulfonamides is 1. The third kappa shape index (κ3) is 4.12. The molecule has 8 nitrogen and oxygen atoms in total. The zero-order chi connectivity index (χ0) is 18.0. The van der Waals surface area contributed by atoms with Gasteiger partial charge in [0.25, 0.3) is 0 Å². The molecule has 1 atom stereocenters. The van der Waals surface area contributed by atoms with Crippen molar-refractivity contribution in [2.75, 3.05) is 19.7 Å². The number of hydrogen-bond donors (Lipinski definition) is 1. The number of sulfonamides is 2.